The Morgan fingerprint density at radius 1 is 1.06 bits per heavy atom. The van der Waals surface area contributed by atoms with Crippen molar-refractivity contribution in [2.24, 2.45) is 11.1 Å². The molecular weight excluding hydrogens is 432 g/mol. The fourth-order valence-electron chi connectivity index (χ4n) is 4.56. The van der Waals surface area contributed by atoms with Gasteiger partial charge in [0.2, 0.25) is 0 Å². The molecule has 8 nitrogen and oxygen atoms in total. The second-order valence-corrected chi connectivity index (χ2v) is 9.48. The summed E-state index contributed by atoms with van der Waals surface area (Å²) in [6.45, 7) is 1.71. The van der Waals surface area contributed by atoms with Gasteiger partial charge in [0.15, 0.2) is 5.82 Å². The molecule has 0 saturated carbocycles. The van der Waals surface area contributed by atoms with Crippen molar-refractivity contribution in [1.82, 2.24) is 19.9 Å². The van der Waals surface area contributed by atoms with Gasteiger partial charge in [-0.1, -0.05) is 29.4 Å². The first-order chi connectivity index (χ1) is 15.0. The van der Waals surface area contributed by atoms with Crippen molar-refractivity contribution in [3.63, 3.8) is 0 Å². The van der Waals surface area contributed by atoms with Crippen LogP contribution < -0.4 is 22.1 Å². The first-order valence-corrected chi connectivity index (χ1v) is 11.3. The highest BCUT2D eigenvalue weighted by Crippen LogP contribution is 2.50. The number of aromatic nitrogens is 4. The number of hydrogen-bond acceptors (Lipinski definition) is 9. The van der Waals surface area contributed by atoms with Crippen LogP contribution in [0.2, 0.25) is 5.02 Å². The minimum Gasteiger partial charge on any atom is -0.382 e. The summed E-state index contributed by atoms with van der Waals surface area (Å²) in [5, 5.41) is 0.978. The second kappa shape index (κ2) is 7.81. The number of piperidine rings is 1. The van der Waals surface area contributed by atoms with E-state index in [9.17, 15) is 0 Å². The Morgan fingerprint density at radius 2 is 1.87 bits per heavy atom. The molecule has 10 heteroatoms. The number of hydrogen-bond donors (Lipinski definition) is 3. The van der Waals surface area contributed by atoms with Crippen LogP contribution in [0.5, 0.6) is 0 Å². The summed E-state index contributed by atoms with van der Waals surface area (Å²) < 4.78 is 0. The number of nitrogens with two attached hydrogens (primary N) is 3. The molecule has 2 aliphatic rings. The predicted octanol–water partition coefficient (Wildman–Crippen LogP) is 3.08. The topological polar surface area (TPSA) is 133 Å². The Hall–Kier alpha value is -2.62. The van der Waals surface area contributed by atoms with Crippen molar-refractivity contribution in [3.8, 4) is 0 Å². The zero-order valence-electron chi connectivity index (χ0n) is 16.8. The first kappa shape index (κ1) is 20.3. The molecule has 0 aromatic carbocycles. The smallest absolute Gasteiger partial charge is 0.158 e. The van der Waals surface area contributed by atoms with Gasteiger partial charge >= 0.3 is 0 Å². The number of pyridine rings is 2. The third-order valence-electron chi connectivity index (χ3n) is 6.36. The Balaban J connectivity index is 1.29. The largest absolute Gasteiger partial charge is 0.382 e. The maximum Gasteiger partial charge on any atom is 0.158 e. The summed E-state index contributed by atoms with van der Waals surface area (Å²) in [7, 11) is 0. The van der Waals surface area contributed by atoms with Gasteiger partial charge in [0.05, 0.1) is 11.2 Å². The van der Waals surface area contributed by atoms with Crippen LogP contribution in [0.25, 0.3) is 0 Å². The maximum absolute atomic E-state index is 6.65. The van der Waals surface area contributed by atoms with Crippen molar-refractivity contribution in [2.75, 3.05) is 29.5 Å². The normalized spacial score (nSPS) is 19.5. The molecule has 1 spiro atoms. The third-order valence-corrected chi connectivity index (χ3v) is 7.94. The van der Waals surface area contributed by atoms with Gasteiger partial charge in [-0.25, -0.2) is 15.0 Å². The number of nitrogen functional groups attached to an aromatic ring is 2. The van der Waals surface area contributed by atoms with E-state index in [0.29, 0.717) is 15.9 Å². The molecule has 1 aliphatic heterocycles. The van der Waals surface area contributed by atoms with Crippen LogP contribution >= 0.6 is 23.4 Å². The molecule has 0 unspecified atom stereocenters. The van der Waals surface area contributed by atoms with Crippen molar-refractivity contribution in [1.29, 1.82) is 0 Å². The molecular formula is C21H23ClN8S. The molecule has 0 radical (unpaired) electrons. The van der Waals surface area contributed by atoms with Gasteiger partial charge in [-0.3, -0.25) is 4.98 Å². The van der Waals surface area contributed by atoms with Gasteiger partial charge in [-0.05, 0) is 42.4 Å². The molecule has 3 aromatic rings. The lowest BCUT2D eigenvalue weighted by molar-refractivity contribution is 0.186. The van der Waals surface area contributed by atoms with Crippen molar-refractivity contribution < 1.29 is 0 Å². The summed E-state index contributed by atoms with van der Waals surface area (Å²) in [6.07, 6.45) is 8.12. The fourth-order valence-corrected chi connectivity index (χ4v) is 5.58. The zero-order chi connectivity index (χ0) is 21.6. The molecule has 1 saturated heterocycles. The fraction of sp³-hybridized carbons (Fsp3) is 0.333. The summed E-state index contributed by atoms with van der Waals surface area (Å²) >= 11 is 7.56. The van der Waals surface area contributed by atoms with Crippen LogP contribution in [-0.2, 0) is 6.42 Å². The molecule has 5 rings (SSSR count). The lowest BCUT2D eigenvalue weighted by Crippen LogP contribution is -2.44. The van der Waals surface area contributed by atoms with Crippen LogP contribution in [-0.4, -0.2) is 33.0 Å². The van der Waals surface area contributed by atoms with E-state index >= 15 is 0 Å². The molecule has 6 N–H and O–H groups in total. The van der Waals surface area contributed by atoms with Gasteiger partial charge < -0.3 is 22.1 Å². The average Bonchev–Trinajstić information content (AvgIpc) is 3.05. The van der Waals surface area contributed by atoms with E-state index in [1.54, 1.807) is 18.5 Å². The standard InChI is InChI=1S/C21H23ClN8S/c22-16-14(3-7-27-18(16)24)31-20-19(25)29-15(11-28-20)30-8-4-21(5-9-30)10-13-12(17(21)23)2-1-6-26-13/h1-3,6-7,11,17H,4-5,8-10,23H2,(H2,24,27)(H2,25,29)/t17-/m1/s1. The Bertz CT molecular complexity index is 1130. The number of rotatable bonds is 3. The van der Waals surface area contributed by atoms with Gasteiger partial charge in [0.1, 0.15) is 16.7 Å². The van der Waals surface area contributed by atoms with E-state index in [0.717, 1.165) is 48.8 Å². The van der Waals surface area contributed by atoms with Gasteiger partial charge in [-0.15, -0.1) is 0 Å². The van der Waals surface area contributed by atoms with Gasteiger partial charge in [0, 0.05) is 42.1 Å². The summed E-state index contributed by atoms with van der Waals surface area (Å²) in [4.78, 5) is 20.6. The third kappa shape index (κ3) is 3.56. The lowest BCUT2D eigenvalue weighted by atomic mass is 9.73. The van der Waals surface area contributed by atoms with Crippen LogP contribution in [0, 0.1) is 5.41 Å². The van der Waals surface area contributed by atoms with Crippen LogP contribution in [0.1, 0.15) is 30.1 Å². The van der Waals surface area contributed by atoms with E-state index < -0.39 is 0 Å². The molecule has 0 bridgehead atoms. The average molecular weight is 455 g/mol. The van der Waals surface area contributed by atoms with Crippen molar-refractivity contribution in [2.45, 2.75) is 35.2 Å². The first-order valence-electron chi connectivity index (χ1n) is 10.1. The van der Waals surface area contributed by atoms with E-state index in [2.05, 4.69) is 30.9 Å². The van der Waals surface area contributed by atoms with Gasteiger partial charge in [0.25, 0.3) is 0 Å². The van der Waals surface area contributed by atoms with Crippen molar-refractivity contribution in [3.05, 3.63) is 53.1 Å². The van der Waals surface area contributed by atoms with E-state index in [1.165, 1.54) is 17.3 Å². The molecule has 1 aliphatic carbocycles. The molecule has 31 heavy (non-hydrogen) atoms. The Labute approximate surface area is 189 Å². The molecule has 1 atom stereocenters. The highest BCUT2D eigenvalue weighted by Gasteiger charge is 2.46. The monoisotopic (exact) mass is 454 g/mol. The number of halogens is 1. The molecule has 3 aromatic heterocycles. The van der Waals surface area contributed by atoms with E-state index in [-0.39, 0.29) is 17.3 Å². The molecule has 160 valence electrons. The predicted molar refractivity (Wildman–Crippen MR) is 123 cm³/mol. The summed E-state index contributed by atoms with van der Waals surface area (Å²) in [5.74, 6) is 1.42. The van der Waals surface area contributed by atoms with E-state index in [4.69, 9.17) is 28.8 Å². The summed E-state index contributed by atoms with van der Waals surface area (Å²) in [5.41, 5.74) is 21.0. The van der Waals surface area contributed by atoms with Crippen LogP contribution in [0.3, 0.4) is 0 Å². The Kier molecular flexibility index (Phi) is 5.11. The number of anilines is 3. The second-order valence-electron chi connectivity index (χ2n) is 8.07. The van der Waals surface area contributed by atoms with Crippen LogP contribution in [0.4, 0.5) is 17.5 Å². The minimum atomic E-state index is 0.0332. The van der Waals surface area contributed by atoms with Gasteiger partial charge in [-0.2, -0.15) is 0 Å². The maximum atomic E-state index is 6.65. The lowest BCUT2D eigenvalue weighted by Gasteiger charge is -2.42. The minimum absolute atomic E-state index is 0.0332. The molecule has 0 amide bonds. The molecule has 1 fully saturated rings. The van der Waals surface area contributed by atoms with E-state index in [1.807, 2.05) is 12.3 Å². The Morgan fingerprint density at radius 3 is 2.61 bits per heavy atom. The highest BCUT2D eigenvalue weighted by atomic mass is 35.5. The molecule has 4 heterocycles. The zero-order valence-corrected chi connectivity index (χ0v) is 18.4. The highest BCUT2D eigenvalue weighted by molar-refractivity contribution is 7.99. The van der Waals surface area contributed by atoms with Crippen LogP contribution in [0.15, 0.2) is 46.7 Å². The van der Waals surface area contributed by atoms with Crippen molar-refractivity contribution >= 4 is 40.8 Å². The SMILES string of the molecule is Nc1nc(N2CCC3(CC2)Cc2ncccc2[C@H]3N)cnc1Sc1ccnc(N)c1Cl. The summed E-state index contributed by atoms with van der Waals surface area (Å²) in [6, 6.07) is 5.89. The number of nitrogens with zero attached hydrogens (tertiary/aromatic N) is 5. The quantitative estimate of drug-likeness (QED) is 0.545. The number of fused-ring (bicyclic) bond motifs is 1.